The zero-order valence-corrected chi connectivity index (χ0v) is 16.2. The lowest BCUT2D eigenvalue weighted by atomic mass is 10.0. The average Bonchev–Trinajstić information content (AvgIpc) is 2.91. The van der Waals surface area contributed by atoms with E-state index in [1.165, 1.54) is 0 Å². The Morgan fingerprint density at radius 1 is 0.964 bits per heavy atom. The number of nitrogens with zero attached hydrogens (tertiary/aromatic N) is 1. The third-order valence-electron chi connectivity index (χ3n) is 4.56. The molecule has 0 N–H and O–H groups in total. The summed E-state index contributed by atoms with van der Waals surface area (Å²) in [6.07, 6.45) is 0. The van der Waals surface area contributed by atoms with Gasteiger partial charge in [0.25, 0.3) is 11.8 Å². The molecule has 6 heteroatoms. The fraction of sp³-hybridized carbons (Fsp3) is 0.318. The number of imide groups is 1. The highest BCUT2D eigenvalue weighted by Gasteiger charge is 2.44. The molecule has 0 aliphatic carbocycles. The van der Waals surface area contributed by atoms with Crippen molar-refractivity contribution in [3.63, 3.8) is 0 Å². The molecular weight excluding hydrogens is 358 g/mol. The zero-order valence-electron chi connectivity index (χ0n) is 16.2. The Hall–Kier alpha value is -3.15. The van der Waals surface area contributed by atoms with Crippen molar-refractivity contribution in [1.82, 2.24) is 4.90 Å². The van der Waals surface area contributed by atoms with E-state index in [-0.39, 0.29) is 19.1 Å². The number of hydrogen-bond acceptors (Lipinski definition) is 5. The summed E-state index contributed by atoms with van der Waals surface area (Å²) in [6.45, 7) is 5.72. The fourth-order valence-corrected chi connectivity index (χ4v) is 3.23. The minimum absolute atomic E-state index is 0.0269. The van der Waals surface area contributed by atoms with Gasteiger partial charge in [-0.3, -0.25) is 14.5 Å². The highest BCUT2D eigenvalue weighted by Crippen LogP contribution is 2.27. The summed E-state index contributed by atoms with van der Waals surface area (Å²) in [6, 6.07) is 13.1. The van der Waals surface area contributed by atoms with E-state index in [2.05, 4.69) is 0 Å². The van der Waals surface area contributed by atoms with Crippen molar-refractivity contribution in [3.8, 4) is 5.75 Å². The molecule has 0 aromatic heterocycles. The van der Waals surface area contributed by atoms with Gasteiger partial charge in [0.2, 0.25) is 0 Å². The van der Waals surface area contributed by atoms with Crippen molar-refractivity contribution < 1.29 is 23.9 Å². The number of hydrogen-bond donors (Lipinski definition) is 0. The lowest BCUT2D eigenvalue weighted by molar-refractivity contribution is -0.150. The molecule has 1 heterocycles. The maximum atomic E-state index is 12.7. The van der Waals surface area contributed by atoms with Crippen LogP contribution in [0.4, 0.5) is 0 Å². The second kappa shape index (κ2) is 8.25. The summed E-state index contributed by atoms with van der Waals surface area (Å²) in [5.74, 6) is -1.14. The molecule has 0 bridgehead atoms. The molecule has 0 saturated carbocycles. The molecule has 0 unspecified atom stereocenters. The fourth-order valence-electron chi connectivity index (χ4n) is 3.23. The normalized spacial score (nSPS) is 14.2. The van der Waals surface area contributed by atoms with E-state index >= 15 is 0 Å². The third-order valence-corrected chi connectivity index (χ3v) is 4.56. The molecule has 28 heavy (non-hydrogen) atoms. The molecule has 1 aliphatic heterocycles. The van der Waals surface area contributed by atoms with Gasteiger partial charge in [0.15, 0.2) is 0 Å². The molecule has 2 aromatic rings. The topological polar surface area (TPSA) is 72.9 Å². The van der Waals surface area contributed by atoms with Crippen LogP contribution in [-0.4, -0.2) is 41.9 Å². The second-order valence-corrected chi connectivity index (χ2v) is 7.05. The van der Waals surface area contributed by atoms with Crippen molar-refractivity contribution >= 4 is 17.8 Å². The van der Waals surface area contributed by atoms with Crippen LogP contribution in [0.25, 0.3) is 0 Å². The SMILES string of the molecule is Cc1cccc(OCCOC(=O)[C@@H](C(C)C)N2C(=O)c3ccccc3C2=O)c1. The first-order chi connectivity index (χ1) is 13.4. The van der Waals surface area contributed by atoms with E-state index in [1.807, 2.05) is 31.2 Å². The first-order valence-corrected chi connectivity index (χ1v) is 9.23. The molecule has 0 fully saturated rings. The Morgan fingerprint density at radius 3 is 2.18 bits per heavy atom. The van der Waals surface area contributed by atoms with Crippen LogP contribution in [-0.2, 0) is 9.53 Å². The number of esters is 1. The molecule has 2 amide bonds. The Kier molecular flexibility index (Phi) is 5.78. The summed E-state index contributed by atoms with van der Waals surface area (Å²) >= 11 is 0. The maximum absolute atomic E-state index is 12.7. The van der Waals surface area contributed by atoms with Crippen molar-refractivity contribution in [3.05, 3.63) is 65.2 Å². The average molecular weight is 381 g/mol. The first-order valence-electron chi connectivity index (χ1n) is 9.23. The van der Waals surface area contributed by atoms with Gasteiger partial charge in [-0.05, 0) is 42.7 Å². The van der Waals surface area contributed by atoms with Gasteiger partial charge in [-0.25, -0.2) is 4.79 Å². The summed E-state index contributed by atoms with van der Waals surface area (Å²) in [5.41, 5.74) is 1.70. The van der Waals surface area contributed by atoms with Crippen LogP contribution in [0.15, 0.2) is 48.5 Å². The molecule has 146 valence electrons. The van der Waals surface area contributed by atoms with E-state index in [0.29, 0.717) is 16.9 Å². The summed E-state index contributed by atoms with van der Waals surface area (Å²) < 4.78 is 10.9. The number of carbonyl (C=O) groups is 3. The standard InChI is InChI=1S/C22H23NO5/c1-14(2)19(23-20(24)17-9-4-5-10-18(17)21(23)25)22(26)28-12-11-27-16-8-6-7-15(3)13-16/h4-10,13-14,19H,11-12H2,1-3H3/t19-/m1/s1. The Morgan fingerprint density at radius 2 is 1.61 bits per heavy atom. The van der Waals surface area contributed by atoms with Crippen LogP contribution in [0.1, 0.15) is 40.1 Å². The van der Waals surface area contributed by atoms with Crippen LogP contribution >= 0.6 is 0 Å². The quantitative estimate of drug-likeness (QED) is 0.418. The molecular formula is C22H23NO5. The Labute approximate surface area is 164 Å². The van der Waals surface area contributed by atoms with Crippen molar-refractivity contribution in [2.45, 2.75) is 26.8 Å². The lowest BCUT2D eigenvalue weighted by Crippen LogP contribution is -2.48. The minimum atomic E-state index is -0.980. The maximum Gasteiger partial charge on any atom is 0.329 e. The number of ether oxygens (including phenoxy) is 2. The smallest absolute Gasteiger partial charge is 0.329 e. The van der Waals surface area contributed by atoms with Gasteiger partial charge in [-0.15, -0.1) is 0 Å². The third kappa shape index (κ3) is 3.91. The molecule has 2 aromatic carbocycles. The number of carbonyl (C=O) groups excluding carboxylic acids is 3. The number of fused-ring (bicyclic) bond motifs is 1. The molecule has 1 aliphatic rings. The van der Waals surface area contributed by atoms with Crippen LogP contribution < -0.4 is 4.74 Å². The van der Waals surface area contributed by atoms with Gasteiger partial charge in [0.1, 0.15) is 25.0 Å². The van der Waals surface area contributed by atoms with Gasteiger partial charge in [0.05, 0.1) is 11.1 Å². The Bertz CT molecular complexity index is 870. The van der Waals surface area contributed by atoms with Crippen LogP contribution in [0.2, 0.25) is 0 Å². The highest BCUT2D eigenvalue weighted by molar-refractivity contribution is 6.22. The number of rotatable bonds is 7. The summed E-state index contributed by atoms with van der Waals surface area (Å²) in [7, 11) is 0. The van der Waals surface area contributed by atoms with E-state index < -0.39 is 23.8 Å². The summed E-state index contributed by atoms with van der Waals surface area (Å²) in [5, 5.41) is 0. The van der Waals surface area contributed by atoms with Crippen LogP contribution in [0.5, 0.6) is 5.75 Å². The molecule has 0 radical (unpaired) electrons. The largest absolute Gasteiger partial charge is 0.490 e. The Balaban J connectivity index is 1.63. The number of benzene rings is 2. The number of amides is 2. The molecule has 1 atom stereocenters. The van der Waals surface area contributed by atoms with E-state index in [9.17, 15) is 14.4 Å². The van der Waals surface area contributed by atoms with E-state index in [1.54, 1.807) is 38.1 Å². The van der Waals surface area contributed by atoms with Gasteiger partial charge < -0.3 is 9.47 Å². The molecule has 0 saturated heterocycles. The summed E-state index contributed by atoms with van der Waals surface area (Å²) in [4.78, 5) is 39.0. The van der Waals surface area contributed by atoms with Crippen molar-refractivity contribution in [1.29, 1.82) is 0 Å². The van der Waals surface area contributed by atoms with Gasteiger partial charge in [-0.2, -0.15) is 0 Å². The van der Waals surface area contributed by atoms with E-state index in [0.717, 1.165) is 10.5 Å². The van der Waals surface area contributed by atoms with Gasteiger partial charge >= 0.3 is 5.97 Å². The first kappa shape index (κ1) is 19.6. The predicted molar refractivity (Wildman–Crippen MR) is 103 cm³/mol. The molecule has 0 spiro atoms. The minimum Gasteiger partial charge on any atom is -0.490 e. The van der Waals surface area contributed by atoms with Gasteiger partial charge in [-0.1, -0.05) is 38.1 Å². The van der Waals surface area contributed by atoms with Crippen LogP contribution in [0, 0.1) is 12.8 Å². The highest BCUT2D eigenvalue weighted by atomic mass is 16.6. The van der Waals surface area contributed by atoms with Gasteiger partial charge in [0, 0.05) is 0 Å². The van der Waals surface area contributed by atoms with E-state index in [4.69, 9.17) is 9.47 Å². The predicted octanol–water partition coefficient (Wildman–Crippen LogP) is 3.24. The van der Waals surface area contributed by atoms with Crippen molar-refractivity contribution in [2.75, 3.05) is 13.2 Å². The van der Waals surface area contributed by atoms with Crippen LogP contribution in [0.3, 0.4) is 0 Å². The monoisotopic (exact) mass is 381 g/mol. The zero-order chi connectivity index (χ0) is 20.3. The molecule has 6 nitrogen and oxygen atoms in total. The molecule has 3 rings (SSSR count). The van der Waals surface area contributed by atoms with Crippen molar-refractivity contribution in [2.24, 2.45) is 5.92 Å². The lowest BCUT2D eigenvalue weighted by Gasteiger charge is -2.27. The second-order valence-electron chi connectivity index (χ2n) is 7.05. The number of aryl methyl sites for hydroxylation is 1.